The lowest BCUT2D eigenvalue weighted by molar-refractivity contribution is 0.390. The van der Waals surface area contributed by atoms with Crippen LogP contribution in [0.4, 0.5) is 0 Å². The van der Waals surface area contributed by atoms with E-state index in [2.05, 4.69) is 17.2 Å². The van der Waals surface area contributed by atoms with E-state index < -0.39 is 0 Å². The van der Waals surface area contributed by atoms with Gasteiger partial charge in [-0.1, -0.05) is 12.1 Å². The standard InChI is InChI=1S/C11H16N4O/c1-3-11-10(8(2)16-14-11)7-15-6-9(4-12)5-13-15/h5-6H,3-4,7,12H2,1-2H3. The van der Waals surface area contributed by atoms with Crippen molar-refractivity contribution in [2.45, 2.75) is 33.4 Å². The number of nitrogens with zero attached hydrogens (tertiary/aromatic N) is 3. The van der Waals surface area contributed by atoms with Crippen molar-refractivity contribution in [3.63, 3.8) is 0 Å². The van der Waals surface area contributed by atoms with Crippen LogP contribution in [0.2, 0.25) is 0 Å². The first kappa shape index (κ1) is 10.9. The lowest BCUT2D eigenvalue weighted by Gasteiger charge is -2.01. The highest BCUT2D eigenvalue weighted by Gasteiger charge is 2.11. The van der Waals surface area contributed by atoms with Crippen LogP contribution >= 0.6 is 0 Å². The highest BCUT2D eigenvalue weighted by Crippen LogP contribution is 2.15. The Bertz CT molecular complexity index is 472. The van der Waals surface area contributed by atoms with Crippen LogP contribution in [0.25, 0.3) is 0 Å². The Morgan fingerprint density at radius 2 is 2.31 bits per heavy atom. The monoisotopic (exact) mass is 220 g/mol. The maximum absolute atomic E-state index is 5.54. The summed E-state index contributed by atoms with van der Waals surface area (Å²) in [5.74, 6) is 0.863. The average Bonchev–Trinajstić information content (AvgIpc) is 2.88. The van der Waals surface area contributed by atoms with Crippen LogP contribution in [-0.2, 0) is 19.5 Å². The summed E-state index contributed by atoms with van der Waals surface area (Å²) >= 11 is 0. The van der Waals surface area contributed by atoms with Crippen molar-refractivity contribution in [1.29, 1.82) is 0 Å². The number of aryl methyl sites for hydroxylation is 2. The first-order chi connectivity index (χ1) is 7.74. The van der Waals surface area contributed by atoms with Gasteiger partial charge in [0.15, 0.2) is 0 Å². The van der Waals surface area contributed by atoms with E-state index in [1.54, 1.807) is 6.20 Å². The SMILES string of the molecule is CCc1noc(C)c1Cn1cc(CN)cn1. The molecule has 2 aromatic heterocycles. The Hall–Kier alpha value is -1.62. The molecule has 0 aliphatic carbocycles. The fourth-order valence-electron chi connectivity index (χ4n) is 1.68. The molecule has 0 saturated carbocycles. The first-order valence-corrected chi connectivity index (χ1v) is 5.40. The number of aromatic nitrogens is 3. The quantitative estimate of drug-likeness (QED) is 0.841. The zero-order valence-corrected chi connectivity index (χ0v) is 9.60. The highest BCUT2D eigenvalue weighted by molar-refractivity contribution is 5.22. The van der Waals surface area contributed by atoms with Gasteiger partial charge in [-0.25, -0.2) is 0 Å². The summed E-state index contributed by atoms with van der Waals surface area (Å²) in [4.78, 5) is 0. The minimum absolute atomic E-state index is 0.517. The van der Waals surface area contributed by atoms with E-state index in [4.69, 9.17) is 10.3 Å². The Kier molecular flexibility index (Phi) is 3.05. The third-order valence-corrected chi connectivity index (χ3v) is 2.64. The van der Waals surface area contributed by atoms with Crippen LogP contribution in [0.1, 0.15) is 29.5 Å². The molecule has 0 unspecified atom stereocenters. The fraction of sp³-hybridized carbons (Fsp3) is 0.455. The molecule has 16 heavy (non-hydrogen) atoms. The lowest BCUT2D eigenvalue weighted by atomic mass is 10.1. The van der Waals surface area contributed by atoms with Gasteiger partial charge in [0.2, 0.25) is 0 Å². The van der Waals surface area contributed by atoms with E-state index in [9.17, 15) is 0 Å². The van der Waals surface area contributed by atoms with E-state index in [0.717, 1.165) is 29.0 Å². The van der Waals surface area contributed by atoms with Crippen LogP contribution in [0.3, 0.4) is 0 Å². The lowest BCUT2D eigenvalue weighted by Crippen LogP contribution is -2.03. The van der Waals surface area contributed by atoms with Crippen molar-refractivity contribution in [3.05, 3.63) is 35.0 Å². The predicted molar refractivity (Wildman–Crippen MR) is 59.8 cm³/mol. The molecule has 0 amide bonds. The van der Waals surface area contributed by atoms with E-state index in [1.165, 1.54) is 0 Å². The third-order valence-electron chi connectivity index (χ3n) is 2.64. The predicted octanol–water partition coefficient (Wildman–Crippen LogP) is 1.25. The van der Waals surface area contributed by atoms with Gasteiger partial charge in [-0.2, -0.15) is 5.10 Å². The molecular weight excluding hydrogens is 204 g/mol. The molecule has 0 spiro atoms. The Morgan fingerprint density at radius 3 is 2.94 bits per heavy atom. The van der Waals surface area contributed by atoms with Gasteiger partial charge in [-0.05, 0) is 13.3 Å². The molecule has 0 aliphatic heterocycles. The molecular formula is C11H16N4O. The molecule has 0 aromatic carbocycles. The van der Waals surface area contributed by atoms with Gasteiger partial charge in [-0.3, -0.25) is 4.68 Å². The van der Waals surface area contributed by atoms with E-state index in [-0.39, 0.29) is 0 Å². The summed E-state index contributed by atoms with van der Waals surface area (Å²) in [6.07, 6.45) is 4.61. The summed E-state index contributed by atoms with van der Waals surface area (Å²) in [5.41, 5.74) is 8.69. The molecule has 2 N–H and O–H groups in total. The Labute approximate surface area is 94.2 Å². The van der Waals surface area contributed by atoms with Gasteiger partial charge in [-0.15, -0.1) is 0 Å². The summed E-state index contributed by atoms with van der Waals surface area (Å²) in [6.45, 7) is 5.20. The number of hydrogen-bond acceptors (Lipinski definition) is 4. The average molecular weight is 220 g/mol. The van der Waals surface area contributed by atoms with Crippen molar-refractivity contribution in [2.75, 3.05) is 0 Å². The van der Waals surface area contributed by atoms with Crippen LogP contribution in [0.15, 0.2) is 16.9 Å². The molecule has 0 fully saturated rings. The van der Waals surface area contributed by atoms with Gasteiger partial charge in [0.25, 0.3) is 0 Å². The van der Waals surface area contributed by atoms with Crippen LogP contribution < -0.4 is 5.73 Å². The minimum Gasteiger partial charge on any atom is -0.361 e. The first-order valence-electron chi connectivity index (χ1n) is 5.40. The number of nitrogens with two attached hydrogens (primary N) is 1. The zero-order valence-electron chi connectivity index (χ0n) is 9.60. The second kappa shape index (κ2) is 4.49. The maximum atomic E-state index is 5.54. The van der Waals surface area contributed by atoms with Gasteiger partial charge in [0.1, 0.15) is 5.76 Å². The summed E-state index contributed by atoms with van der Waals surface area (Å²) in [5, 5.41) is 8.26. The van der Waals surface area contributed by atoms with Crippen molar-refractivity contribution in [1.82, 2.24) is 14.9 Å². The van der Waals surface area contributed by atoms with E-state index >= 15 is 0 Å². The molecule has 0 saturated heterocycles. The number of hydrogen-bond donors (Lipinski definition) is 1. The van der Waals surface area contributed by atoms with Gasteiger partial charge < -0.3 is 10.3 Å². The Morgan fingerprint density at radius 1 is 1.50 bits per heavy atom. The van der Waals surface area contributed by atoms with Crippen molar-refractivity contribution < 1.29 is 4.52 Å². The van der Waals surface area contributed by atoms with E-state index in [1.807, 2.05) is 17.8 Å². The topological polar surface area (TPSA) is 69.9 Å². The molecule has 0 atom stereocenters. The zero-order chi connectivity index (χ0) is 11.5. The normalized spacial score (nSPS) is 10.9. The largest absolute Gasteiger partial charge is 0.361 e. The van der Waals surface area contributed by atoms with Gasteiger partial charge >= 0.3 is 0 Å². The molecule has 2 rings (SSSR count). The second-order valence-electron chi connectivity index (χ2n) is 3.77. The second-order valence-corrected chi connectivity index (χ2v) is 3.77. The molecule has 0 aliphatic rings. The van der Waals surface area contributed by atoms with Crippen LogP contribution in [0.5, 0.6) is 0 Å². The van der Waals surface area contributed by atoms with Crippen molar-refractivity contribution in [2.24, 2.45) is 5.73 Å². The summed E-state index contributed by atoms with van der Waals surface area (Å²) < 4.78 is 7.04. The molecule has 2 heterocycles. The summed E-state index contributed by atoms with van der Waals surface area (Å²) in [7, 11) is 0. The third kappa shape index (κ3) is 1.99. The summed E-state index contributed by atoms with van der Waals surface area (Å²) in [6, 6.07) is 0. The smallest absolute Gasteiger partial charge is 0.138 e. The van der Waals surface area contributed by atoms with Crippen molar-refractivity contribution >= 4 is 0 Å². The fourth-order valence-corrected chi connectivity index (χ4v) is 1.68. The van der Waals surface area contributed by atoms with Gasteiger partial charge in [0.05, 0.1) is 18.4 Å². The van der Waals surface area contributed by atoms with Crippen LogP contribution in [0, 0.1) is 6.92 Å². The highest BCUT2D eigenvalue weighted by atomic mass is 16.5. The van der Waals surface area contributed by atoms with Crippen molar-refractivity contribution in [3.8, 4) is 0 Å². The molecule has 5 heteroatoms. The Balaban J connectivity index is 2.22. The molecule has 86 valence electrons. The minimum atomic E-state index is 0.517. The van der Waals surface area contributed by atoms with Gasteiger partial charge in [0, 0.05) is 23.9 Å². The molecule has 5 nitrogen and oxygen atoms in total. The maximum Gasteiger partial charge on any atom is 0.138 e. The molecule has 0 bridgehead atoms. The molecule has 0 radical (unpaired) electrons. The van der Waals surface area contributed by atoms with Crippen LogP contribution in [-0.4, -0.2) is 14.9 Å². The van der Waals surface area contributed by atoms with E-state index in [0.29, 0.717) is 13.1 Å². The molecule has 2 aromatic rings. The number of rotatable bonds is 4.